The highest BCUT2D eigenvalue weighted by Gasteiger charge is 2.27. The summed E-state index contributed by atoms with van der Waals surface area (Å²) < 4.78 is 0. The minimum absolute atomic E-state index is 0. The number of hydrogen-bond acceptors (Lipinski definition) is 5. The standard InChI is InChI=1S/C17H21NO4.BrH/c1-11(6-12-2-4-14(19)5-3-12)10-17(18,22)13-7-15(20)9-16(21)8-13;/h2-5,7-9,11,19-22H,6,10,18H2,1H3;1H. The molecular weight excluding hydrogens is 362 g/mol. The minimum atomic E-state index is -1.65. The predicted molar refractivity (Wildman–Crippen MR) is 93.8 cm³/mol. The predicted octanol–water partition coefficient (Wildman–Crippen LogP) is 2.75. The zero-order chi connectivity index (χ0) is 16.3. The lowest BCUT2D eigenvalue weighted by molar-refractivity contribution is 0.0191. The van der Waals surface area contributed by atoms with Gasteiger partial charge < -0.3 is 20.4 Å². The van der Waals surface area contributed by atoms with Gasteiger partial charge in [0.15, 0.2) is 0 Å². The molecule has 0 aliphatic rings. The van der Waals surface area contributed by atoms with Gasteiger partial charge in [-0.15, -0.1) is 17.0 Å². The maximum Gasteiger partial charge on any atom is 0.140 e. The summed E-state index contributed by atoms with van der Waals surface area (Å²) in [7, 11) is 0. The molecule has 126 valence electrons. The number of aliphatic hydroxyl groups is 1. The SMILES string of the molecule is Br.CC(Cc1ccc(O)cc1)CC(N)(O)c1cc(O)cc(O)c1. The summed E-state index contributed by atoms with van der Waals surface area (Å²) in [5.74, 6) is -0.0267. The molecular formula is C17H22BrNO4. The van der Waals surface area contributed by atoms with Crippen molar-refractivity contribution < 1.29 is 20.4 Å². The summed E-state index contributed by atoms with van der Waals surface area (Å²) in [6.45, 7) is 1.95. The fourth-order valence-corrected chi connectivity index (χ4v) is 2.60. The molecule has 0 radical (unpaired) electrons. The molecule has 2 unspecified atom stereocenters. The molecule has 5 nitrogen and oxygen atoms in total. The van der Waals surface area contributed by atoms with Gasteiger partial charge in [0.1, 0.15) is 23.0 Å². The highest BCUT2D eigenvalue weighted by Crippen LogP contribution is 2.30. The fourth-order valence-electron chi connectivity index (χ4n) is 2.60. The number of nitrogens with two attached hydrogens (primary N) is 1. The molecule has 2 aromatic rings. The molecule has 23 heavy (non-hydrogen) atoms. The third-order valence-electron chi connectivity index (χ3n) is 3.58. The Morgan fingerprint density at radius 3 is 2.00 bits per heavy atom. The van der Waals surface area contributed by atoms with Crippen molar-refractivity contribution in [1.29, 1.82) is 0 Å². The molecule has 6 N–H and O–H groups in total. The molecule has 0 aromatic heterocycles. The van der Waals surface area contributed by atoms with Gasteiger partial charge in [-0.3, -0.25) is 5.73 Å². The Balaban J connectivity index is 0.00000264. The molecule has 0 aliphatic carbocycles. The van der Waals surface area contributed by atoms with Crippen molar-refractivity contribution in [3.63, 3.8) is 0 Å². The van der Waals surface area contributed by atoms with E-state index in [9.17, 15) is 20.4 Å². The van der Waals surface area contributed by atoms with Crippen LogP contribution in [0.5, 0.6) is 17.2 Å². The van der Waals surface area contributed by atoms with Crippen molar-refractivity contribution in [1.82, 2.24) is 0 Å². The molecule has 0 fully saturated rings. The minimum Gasteiger partial charge on any atom is -0.508 e. The number of phenolic OH excluding ortho intramolecular Hbond substituents is 3. The van der Waals surface area contributed by atoms with Crippen LogP contribution in [0.15, 0.2) is 42.5 Å². The number of phenols is 3. The van der Waals surface area contributed by atoms with Crippen molar-refractivity contribution in [3.8, 4) is 17.2 Å². The summed E-state index contributed by atoms with van der Waals surface area (Å²) >= 11 is 0. The van der Waals surface area contributed by atoms with Crippen LogP contribution in [0.1, 0.15) is 24.5 Å². The van der Waals surface area contributed by atoms with Crippen LogP contribution in [-0.2, 0) is 12.1 Å². The first-order chi connectivity index (χ1) is 10.3. The van der Waals surface area contributed by atoms with Crippen LogP contribution in [0.4, 0.5) is 0 Å². The van der Waals surface area contributed by atoms with Crippen LogP contribution in [0.3, 0.4) is 0 Å². The number of hydrogen-bond donors (Lipinski definition) is 5. The molecule has 2 atom stereocenters. The van der Waals surface area contributed by atoms with E-state index in [1.165, 1.54) is 18.2 Å². The Morgan fingerprint density at radius 2 is 1.48 bits per heavy atom. The van der Waals surface area contributed by atoms with Gasteiger partial charge >= 0.3 is 0 Å². The third-order valence-corrected chi connectivity index (χ3v) is 3.58. The first-order valence-corrected chi connectivity index (χ1v) is 7.09. The summed E-state index contributed by atoms with van der Waals surface area (Å²) in [5.41, 5.74) is 5.60. The highest BCUT2D eigenvalue weighted by atomic mass is 79.9. The summed E-state index contributed by atoms with van der Waals surface area (Å²) in [5, 5.41) is 38.7. The van der Waals surface area contributed by atoms with Crippen molar-refractivity contribution in [2.24, 2.45) is 11.7 Å². The molecule has 0 aliphatic heterocycles. The van der Waals surface area contributed by atoms with Crippen molar-refractivity contribution in [2.75, 3.05) is 0 Å². The largest absolute Gasteiger partial charge is 0.508 e. The number of halogens is 1. The third kappa shape index (κ3) is 5.42. The molecule has 6 heteroatoms. The molecule has 0 bridgehead atoms. The van der Waals surface area contributed by atoms with Crippen molar-refractivity contribution in [2.45, 2.75) is 25.5 Å². The molecule has 0 amide bonds. The van der Waals surface area contributed by atoms with Gasteiger partial charge in [0.25, 0.3) is 0 Å². The Labute approximate surface area is 145 Å². The smallest absolute Gasteiger partial charge is 0.140 e. The Kier molecular flexibility index (Phi) is 6.44. The fraction of sp³-hybridized carbons (Fsp3) is 0.294. The van der Waals surface area contributed by atoms with E-state index in [2.05, 4.69) is 0 Å². The van der Waals surface area contributed by atoms with Crippen LogP contribution in [0.25, 0.3) is 0 Å². The van der Waals surface area contributed by atoms with E-state index in [-0.39, 0.29) is 52.1 Å². The van der Waals surface area contributed by atoms with E-state index in [0.717, 1.165) is 5.56 Å². The van der Waals surface area contributed by atoms with Crippen LogP contribution in [0.2, 0.25) is 0 Å². The highest BCUT2D eigenvalue weighted by molar-refractivity contribution is 8.93. The lowest BCUT2D eigenvalue weighted by Gasteiger charge is -2.27. The zero-order valence-electron chi connectivity index (χ0n) is 12.8. The maximum absolute atomic E-state index is 10.4. The second kappa shape index (κ2) is 7.68. The van der Waals surface area contributed by atoms with Crippen LogP contribution >= 0.6 is 17.0 Å². The van der Waals surface area contributed by atoms with Gasteiger partial charge in [0.2, 0.25) is 0 Å². The van der Waals surface area contributed by atoms with Gasteiger partial charge in [-0.05, 0) is 48.6 Å². The van der Waals surface area contributed by atoms with Crippen LogP contribution < -0.4 is 5.73 Å². The van der Waals surface area contributed by atoms with Gasteiger partial charge in [-0.25, -0.2) is 0 Å². The summed E-state index contributed by atoms with van der Waals surface area (Å²) in [6.07, 6.45) is 0.946. The average Bonchev–Trinajstić information content (AvgIpc) is 2.39. The van der Waals surface area contributed by atoms with E-state index < -0.39 is 5.72 Å². The number of rotatable bonds is 5. The monoisotopic (exact) mass is 383 g/mol. The molecule has 2 aromatic carbocycles. The van der Waals surface area contributed by atoms with Crippen LogP contribution in [-0.4, -0.2) is 20.4 Å². The average molecular weight is 384 g/mol. The second-order valence-electron chi connectivity index (χ2n) is 5.84. The van der Waals surface area contributed by atoms with E-state index in [4.69, 9.17) is 5.73 Å². The summed E-state index contributed by atoms with van der Waals surface area (Å²) in [4.78, 5) is 0. The van der Waals surface area contributed by atoms with Gasteiger partial charge in [-0.2, -0.15) is 0 Å². The lowest BCUT2D eigenvalue weighted by atomic mass is 9.89. The number of benzene rings is 2. The molecule has 0 spiro atoms. The van der Waals surface area contributed by atoms with E-state index in [1.807, 2.05) is 19.1 Å². The maximum atomic E-state index is 10.4. The van der Waals surface area contributed by atoms with Crippen molar-refractivity contribution >= 4 is 17.0 Å². The zero-order valence-corrected chi connectivity index (χ0v) is 14.5. The topological polar surface area (TPSA) is 107 Å². The van der Waals surface area contributed by atoms with Gasteiger partial charge in [0.05, 0.1) is 0 Å². The Morgan fingerprint density at radius 1 is 0.957 bits per heavy atom. The van der Waals surface area contributed by atoms with Gasteiger partial charge in [-0.1, -0.05) is 19.1 Å². The van der Waals surface area contributed by atoms with E-state index in [0.29, 0.717) is 6.42 Å². The molecule has 0 saturated carbocycles. The summed E-state index contributed by atoms with van der Waals surface area (Å²) in [6, 6.07) is 10.7. The molecule has 0 saturated heterocycles. The molecule has 2 rings (SSSR count). The Hall–Kier alpha value is -1.76. The second-order valence-corrected chi connectivity index (χ2v) is 5.84. The normalized spacial score (nSPS) is 14.6. The lowest BCUT2D eigenvalue weighted by Crippen LogP contribution is -2.38. The van der Waals surface area contributed by atoms with E-state index >= 15 is 0 Å². The van der Waals surface area contributed by atoms with Crippen LogP contribution in [0, 0.1) is 5.92 Å². The molecule has 0 heterocycles. The quantitative estimate of drug-likeness (QED) is 0.510. The first-order valence-electron chi connectivity index (χ1n) is 7.09. The van der Waals surface area contributed by atoms with Gasteiger partial charge in [0, 0.05) is 11.6 Å². The Bertz CT molecular complexity index is 623. The van der Waals surface area contributed by atoms with Crippen molar-refractivity contribution in [3.05, 3.63) is 53.6 Å². The number of aromatic hydroxyl groups is 3. The van der Waals surface area contributed by atoms with E-state index in [1.54, 1.807) is 12.1 Å². The first kappa shape index (κ1) is 19.3.